The summed E-state index contributed by atoms with van der Waals surface area (Å²) < 4.78 is 0. The lowest BCUT2D eigenvalue weighted by Crippen LogP contribution is -2.46. The van der Waals surface area contributed by atoms with Crippen LogP contribution in [0.5, 0.6) is 0 Å². The standard InChI is InChI=1S/C27H22N2O3/c30-25(20-14-8-3-9-15-20)28-29-26(31)23-21(18-10-4-1-5-11-18)16-17-22(24(23)27(29)32)19-12-6-2-7-13-19/h1-17,21-24H,(H,28,30)/t21-,22+,23-,24-/m1/s1. The molecule has 0 spiro atoms. The number of benzene rings is 3. The van der Waals surface area contributed by atoms with E-state index in [1.54, 1.807) is 30.3 Å². The van der Waals surface area contributed by atoms with Crippen LogP contribution >= 0.6 is 0 Å². The topological polar surface area (TPSA) is 66.5 Å². The van der Waals surface area contributed by atoms with E-state index in [0.717, 1.165) is 16.1 Å². The van der Waals surface area contributed by atoms with Gasteiger partial charge < -0.3 is 0 Å². The molecule has 1 fully saturated rings. The van der Waals surface area contributed by atoms with Crippen LogP contribution in [0.4, 0.5) is 0 Å². The molecule has 5 heteroatoms. The molecule has 3 amide bonds. The molecule has 0 saturated carbocycles. The molecule has 0 radical (unpaired) electrons. The molecule has 5 nitrogen and oxygen atoms in total. The second-order valence-electron chi connectivity index (χ2n) is 8.13. The van der Waals surface area contributed by atoms with Crippen molar-refractivity contribution < 1.29 is 14.4 Å². The largest absolute Gasteiger partial charge is 0.272 e. The summed E-state index contributed by atoms with van der Waals surface area (Å²) in [5, 5.41) is 0.934. The summed E-state index contributed by atoms with van der Waals surface area (Å²) >= 11 is 0. The Morgan fingerprint density at radius 3 is 1.47 bits per heavy atom. The summed E-state index contributed by atoms with van der Waals surface area (Å²) in [7, 11) is 0. The van der Waals surface area contributed by atoms with Gasteiger partial charge in [-0.2, -0.15) is 5.01 Å². The Balaban J connectivity index is 1.53. The smallest absolute Gasteiger partial charge is 0.270 e. The van der Waals surface area contributed by atoms with Gasteiger partial charge in [0.2, 0.25) is 0 Å². The van der Waals surface area contributed by atoms with Crippen molar-refractivity contribution in [2.24, 2.45) is 11.8 Å². The highest BCUT2D eigenvalue weighted by atomic mass is 16.2. The summed E-state index contributed by atoms with van der Waals surface area (Å²) in [6.45, 7) is 0. The number of hydrogen-bond donors (Lipinski definition) is 1. The van der Waals surface area contributed by atoms with E-state index in [0.29, 0.717) is 5.56 Å². The molecule has 0 bridgehead atoms. The van der Waals surface area contributed by atoms with Crippen molar-refractivity contribution >= 4 is 17.7 Å². The van der Waals surface area contributed by atoms with E-state index in [-0.39, 0.29) is 23.7 Å². The highest BCUT2D eigenvalue weighted by Crippen LogP contribution is 2.48. The van der Waals surface area contributed by atoms with Gasteiger partial charge in [0.05, 0.1) is 11.8 Å². The number of nitrogens with one attached hydrogen (secondary N) is 1. The van der Waals surface area contributed by atoms with Crippen LogP contribution in [-0.4, -0.2) is 22.7 Å². The van der Waals surface area contributed by atoms with E-state index in [2.05, 4.69) is 5.43 Å². The second-order valence-corrected chi connectivity index (χ2v) is 8.13. The van der Waals surface area contributed by atoms with Gasteiger partial charge in [0, 0.05) is 17.4 Å². The highest BCUT2D eigenvalue weighted by Gasteiger charge is 2.55. The number of hydrazine groups is 1. The summed E-state index contributed by atoms with van der Waals surface area (Å²) in [5.41, 5.74) is 4.90. The molecule has 32 heavy (non-hydrogen) atoms. The van der Waals surface area contributed by atoms with Crippen molar-refractivity contribution in [3.8, 4) is 0 Å². The Labute approximate surface area is 186 Å². The minimum atomic E-state index is -0.587. The van der Waals surface area contributed by atoms with E-state index in [4.69, 9.17) is 0 Å². The minimum absolute atomic E-state index is 0.240. The molecule has 1 aliphatic heterocycles. The van der Waals surface area contributed by atoms with E-state index >= 15 is 0 Å². The summed E-state index contributed by atoms with van der Waals surface area (Å²) in [5.74, 6) is -2.88. The van der Waals surface area contributed by atoms with Crippen LogP contribution in [0.3, 0.4) is 0 Å². The van der Waals surface area contributed by atoms with Gasteiger partial charge in [0.15, 0.2) is 0 Å². The molecule has 1 saturated heterocycles. The number of hydrogen-bond acceptors (Lipinski definition) is 3. The van der Waals surface area contributed by atoms with E-state index < -0.39 is 17.7 Å². The molecule has 5 rings (SSSR count). The Hall–Kier alpha value is -3.99. The van der Waals surface area contributed by atoms with Crippen molar-refractivity contribution in [2.75, 3.05) is 0 Å². The lowest BCUT2D eigenvalue weighted by atomic mass is 9.68. The third-order valence-electron chi connectivity index (χ3n) is 6.32. The van der Waals surface area contributed by atoms with Crippen LogP contribution in [0.1, 0.15) is 33.3 Å². The highest BCUT2D eigenvalue weighted by molar-refractivity contribution is 6.09. The Morgan fingerprint density at radius 2 is 1.03 bits per heavy atom. The monoisotopic (exact) mass is 422 g/mol. The Bertz CT molecular complexity index is 1110. The van der Waals surface area contributed by atoms with Gasteiger partial charge in [-0.15, -0.1) is 0 Å². The van der Waals surface area contributed by atoms with Crippen molar-refractivity contribution in [3.05, 3.63) is 120 Å². The van der Waals surface area contributed by atoms with Crippen LogP contribution in [0, 0.1) is 11.8 Å². The minimum Gasteiger partial charge on any atom is -0.272 e. The SMILES string of the molecule is O=C(NN1C(=O)[C@H]2[C@H](C1=O)[C@H](c1ccccc1)C=C[C@@H]2c1ccccc1)c1ccccc1. The quantitative estimate of drug-likeness (QED) is 0.509. The molecule has 2 aliphatic rings. The van der Waals surface area contributed by atoms with Gasteiger partial charge in [-0.25, -0.2) is 0 Å². The van der Waals surface area contributed by atoms with Gasteiger partial charge >= 0.3 is 0 Å². The lowest BCUT2D eigenvalue weighted by molar-refractivity contribution is -0.142. The van der Waals surface area contributed by atoms with Gasteiger partial charge in [0.25, 0.3) is 17.7 Å². The number of imide groups is 1. The molecule has 3 aromatic rings. The van der Waals surface area contributed by atoms with Gasteiger partial charge in [-0.1, -0.05) is 91.0 Å². The fourth-order valence-corrected chi connectivity index (χ4v) is 4.80. The Morgan fingerprint density at radius 1 is 0.625 bits per heavy atom. The molecular weight excluding hydrogens is 400 g/mol. The Kier molecular flexibility index (Phi) is 5.15. The maximum Gasteiger partial charge on any atom is 0.270 e. The zero-order chi connectivity index (χ0) is 22.1. The molecule has 4 atom stereocenters. The molecule has 0 aromatic heterocycles. The molecule has 1 heterocycles. The van der Waals surface area contributed by atoms with Gasteiger partial charge in [-0.3, -0.25) is 19.8 Å². The summed E-state index contributed by atoms with van der Waals surface area (Å²) in [4.78, 5) is 39.8. The van der Waals surface area contributed by atoms with Crippen LogP contribution in [0.15, 0.2) is 103 Å². The predicted octanol–water partition coefficient (Wildman–Crippen LogP) is 4.07. The number of carbonyl (C=O) groups excluding carboxylic acids is 3. The average molecular weight is 422 g/mol. The third-order valence-corrected chi connectivity index (χ3v) is 6.32. The van der Waals surface area contributed by atoms with Crippen molar-refractivity contribution in [2.45, 2.75) is 11.8 Å². The normalized spacial score (nSPS) is 24.3. The first kappa shape index (κ1) is 19.9. The third kappa shape index (κ3) is 3.42. The second kappa shape index (κ2) is 8.27. The first-order valence-corrected chi connectivity index (χ1v) is 10.7. The number of fused-ring (bicyclic) bond motifs is 1. The maximum atomic E-state index is 13.5. The first-order valence-electron chi connectivity index (χ1n) is 10.7. The van der Waals surface area contributed by atoms with Gasteiger partial charge in [0.1, 0.15) is 0 Å². The van der Waals surface area contributed by atoms with Crippen molar-refractivity contribution in [1.29, 1.82) is 0 Å². The van der Waals surface area contributed by atoms with Crippen LogP contribution in [0.25, 0.3) is 0 Å². The molecular formula is C27H22N2O3. The van der Waals surface area contributed by atoms with Crippen molar-refractivity contribution in [3.63, 3.8) is 0 Å². The maximum absolute atomic E-state index is 13.5. The van der Waals surface area contributed by atoms with Crippen LogP contribution in [-0.2, 0) is 9.59 Å². The fourth-order valence-electron chi connectivity index (χ4n) is 4.80. The van der Waals surface area contributed by atoms with E-state index in [9.17, 15) is 14.4 Å². The fraction of sp³-hybridized carbons (Fsp3) is 0.148. The summed E-state index contributed by atoms with van der Waals surface area (Å²) in [6, 6.07) is 28.0. The predicted molar refractivity (Wildman–Crippen MR) is 120 cm³/mol. The number of carbonyl (C=O) groups is 3. The van der Waals surface area contributed by atoms with Crippen LogP contribution < -0.4 is 5.43 Å². The first-order chi connectivity index (χ1) is 15.6. The number of allylic oxidation sites excluding steroid dienone is 2. The molecule has 0 unspecified atom stereocenters. The zero-order valence-corrected chi connectivity index (χ0v) is 17.3. The molecule has 158 valence electrons. The zero-order valence-electron chi connectivity index (χ0n) is 17.3. The number of nitrogens with zero attached hydrogens (tertiary/aromatic N) is 1. The van der Waals surface area contributed by atoms with E-state index in [1.807, 2.05) is 72.8 Å². The van der Waals surface area contributed by atoms with Crippen LogP contribution in [0.2, 0.25) is 0 Å². The number of amides is 3. The number of rotatable bonds is 4. The molecule has 1 aliphatic carbocycles. The average Bonchev–Trinajstić information content (AvgIpc) is 3.10. The molecule has 1 N–H and O–H groups in total. The van der Waals surface area contributed by atoms with E-state index in [1.165, 1.54) is 0 Å². The molecule has 3 aromatic carbocycles. The summed E-state index contributed by atoms with van der Waals surface area (Å²) in [6.07, 6.45) is 4.06. The van der Waals surface area contributed by atoms with Crippen molar-refractivity contribution in [1.82, 2.24) is 10.4 Å². The van der Waals surface area contributed by atoms with Gasteiger partial charge in [-0.05, 0) is 23.3 Å². The lowest BCUT2D eigenvalue weighted by Gasteiger charge is -2.32.